The van der Waals surface area contributed by atoms with Gasteiger partial charge in [-0.15, -0.1) is 0 Å². The summed E-state index contributed by atoms with van der Waals surface area (Å²) in [6.45, 7) is -2.03. The predicted octanol–water partition coefficient (Wildman–Crippen LogP) is -3.28. The van der Waals surface area contributed by atoms with Crippen molar-refractivity contribution < 1.29 is 53.0 Å². The van der Waals surface area contributed by atoms with Gasteiger partial charge in [0.25, 0.3) is 0 Å². The van der Waals surface area contributed by atoms with Crippen LogP contribution in [0.3, 0.4) is 0 Å². The van der Waals surface area contributed by atoms with Crippen LogP contribution in [0.5, 0.6) is 0 Å². The van der Waals surface area contributed by atoms with Crippen molar-refractivity contribution in [3.63, 3.8) is 0 Å². The van der Waals surface area contributed by atoms with Gasteiger partial charge < -0.3 is 41.1 Å². The van der Waals surface area contributed by atoms with Crippen LogP contribution in [0.2, 0.25) is 0 Å². The van der Waals surface area contributed by atoms with Crippen LogP contribution in [0.25, 0.3) is 0 Å². The zero-order valence-electron chi connectivity index (χ0n) is 15.1. The Morgan fingerprint density at radius 1 is 1.17 bits per heavy atom. The second kappa shape index (κ2) is 13.5. The molecule has 0 saturated heterocycles. The smallest absolute Gasteiger partial charge is 0.469 e. The van der Waals surface area contributed by atoms with Crippen molar-refractivity contribution in [2.75, 3.05) is 25.5 Å². The standard InChI is InChI=1S/C13H24N3O11PS/c14-8(13(22)26-4-7(17)5-27-28(23,24)25)1-2-10(18)16-9(6-29)12(21)15-3-11(19)20/h7-9,17,29H,1-6,14H2,(H,15,21)(H,16,18)(H,19,20)(H2,23,24,25)/t7?,8-,9-/m0/s1. The van der Waals surface area contributed by atoms with E-state index in [9.17, 15) is 28.8 Å². The summed E-state index contributed by atoms with van der Waals surface area (Å²) < 4.78 is 19.2. The lowest BCUT2D eigenvalue weighted by molar-refractivity contribution is -0.149. The van der Waals surface area contributed by atoms with E-state index in [-0.39, 0.29) is 18.6 Å². The van der Waals surface area contributed by atoms with Gasteiger partial charge in [-0.1, -0.05) is 0 Å². The van der Waals surface area contributed by atoms with Gasteiger partial charge in [-0.2, -0.15) is 12.6 Å². The third-order valence-electron chi connectivity index (χ3n) is 3.09. The van der Waals surface area contributed by atoms with Gasteiger partial charge in [0, 0.05) is 12.2 Å². The van der Waals surface area contributed by atoms with Gasteiger partial charge in [-0.3, -0.25) is 23.7 Å². The summed E-state index contributed by atoms with van der Waals surface area (Å²) in [7, 11) is -4.77. The number of carboxylic acid groups (broad SMARTS) is 1. The quantitative estimate of drug-likeness (QED) is 0.0722. The molecule has 0 aromatic carbocycles. The number of carbonyl (C=O) groups excluding carboxylic acids is 3. The average Bonchev–Trinajstić information content (AvgIpc) is 2.63. The number of ether oxygens (including phenoxy) is 1. The lowest BCUT2D eigenvalue weighted by Crippen LogP contribution is -2.49. The second-order valence-electron chi connectivity index (χ2n) is 5.63. The molecule has 0 saturated carbocycles. The first-order valence-corrected chi connectivity index (χ1v) is 10.2. The molecular weight excluding hydrogens is 437 g/mol. The van der Waals surface area contributed by atoms with Gasteiger partial charge >= 0.3 is 19.8 Å². The molecule has 0 spiro atoms. The number of phosphoric acid groups is 1. The number of aliphatic carboxylic acids is 1. The molecule has 0 aliphatic carbocycles. The van der Waals surface area contributed by atoms with E-state index in [0.29, 0.717) is 0 Å². The van der Waals surface area contributed by atoms with E-state index in [0.717, 1.165) is 0 Å². The monoisotopic (exact) mass is 461 g/mol. The molecule has 2 amide bonds. The number of phosphoric ester groups is 1. The molecule has 8 N–H and O–H groups in total. The highest BCUT2D eigenvalue weighted by atomic mass is 32.1. The van der Waals surface area contributed by atoms with Crippen LogP contribution in [0.15, 0.2) is 0 Å². The van der Waals surface area contributed by atoms with Crippen molar-refractivity contribution in [1.82, 2.24) is 10.6 Å². The molecule has 14 nitrogen and oxygen atoms in total. The largest absolute Gasteiger partial charge is 0.480 e. The number of nitrogens with one attached hydrogen (secondary N) is 2. The molecule has 0 bridgehead atoms. The summed E-state index contributed by atoms with van der Waals surface area (Å²) >= 11 is 3.89. The lowest BCUT2D eigenvalue weighted by Gasteiger charge is -2.17. The molecule has 16 heteroatoms. The van der Waals surface area contributed by atoms with Crippen molar-refractivity contribution in [2.24, 2.45) is 5.73 Å². The SMILES string of the molecule is N[C@@H](CCC(=O)N[C@@H](CS)C(=O)NCC(=O)O)C(=O)OCC(O)COP(=O)(O)O. The van der Waals surface area contributed by atoms with Crippen LogP contribution in [-0.2, 0) is 33.0 Å². The van der Waals surface area contributed by atoms with Gasteiger partial charge in [0.15, 0.2) is 0 Å². The predicted molar refractivity (Wildman–Crippen MR) is 98.6 cm³/mol. The number of hydrogen-bond donors (Lipinski definition) is 8. The van der Waals surface area contributed by atoms with Gasteiger partial charge in [-0.05, 0) is 6.42 Å². The van der Waals surface area contributed by atoms with Crippen molar-refractivity contribution in [1.29, 1.82) is 0 Å². The number of hydrogen-bond acceptors (Lipinski definition) is 10. The Morgan fingerprint density at radius 2 is 1.79 bits per heavy atom. The van der Waals surface area contributed by atoms with Gasteiger partial charge in [0.2, 0.25) is 11.8 Å². The van der Waals surface area contributed by atoms with Crippen LogP contribution in [0, 0.1) is 0 Å². The van der Waals surface area contributed by atoms with Crippen LogP contribution in [0.1, 0.15) is 12.8 Å². The highest BCUT2D eigenvalue weighted by Crippen LogP contribution is 2.35. The van der Waals surface area contributed by atoms with Gasteiger partial charge in [0.1, 0.15) is 31.3 Å². The first kappa shape index (κ1) is 27.3. The van der Waals surface area contributed by atoms with E-state index in [1.165, 1.54) is 0 Å². The summed E-state index contributed by atoms with van der Waals surface area (Å²) in [5.74, 6) is -3.72. The number of aliphatic hydroxyl groups is 1. The lowest BCUT2D eigenvalue weighted by atomic mass is 10.1. The van der Waals surface area contributed by atoms with E-state index < -0.39 is 69.5 Å². The maximum atomic E-state index is 11.8. The normalized spacial score (nSPS) is 14.4. The van der Waals surface area contributed by atoms with E-state index in [1.54, 1.807) is 0 Å². The third kappa shape index (κ3) is 14.0. The maximum Gasteiger partial charge on any atom is 0.469 e. The fraction of sp³-hybridized carbons (Fsp3) is 0.692. The molecule has 0 aromatic rings. The van der Waals surface area contributed by atoms with Crippen molar-refractivity contribution in [3.05, 3.63) is 0 Å². The Morgan fingerprint density at radius 3 is 2.31 bits per heavy atom. The van der Waals surface area contributed by atoms with Crippen molar-refractivity contribution in [2.45, 2.75) is 31.0 Å². The molecule has 0 rings (SSSR count). The van der Waals surface area contributed by atoms with Crippen LogP contribution < -0.4 is 16.4 Å². The second-order valence-corrected chi connectivity index (χ2v) is 7.23. The van der Waals surface area contributed by atoms with Crippen LogP contribution in [0.4, 0.5) is 0 Å². The summed E-state index contributed by atoms with van der Waals surface area (Å²) in [6.07, 6.45) is -1.94. The third-order valence-corrected chi connectivity index (χ3v) is 3.94. The van der Waals surface area contributed by atoms with E-state index in [2.05, 4.69) is 32.5 Å². The van der Waals surface area contributed by atoms with Crippen molar-refractivity contribution >= 4 is 44.2 Å². The van der Waals surface area contributed by atoms with Gasteiger partial charge in [-0.25, -0.2) is 4.57 Å². The molecule has 0 fully saturated rings. The Kier molecular flexibility index (Phi) is 12.7. The molecular formula is C13H24N3O11PS. The molecule has 0 radical (unpaired) electrons. The number of carboxylic acids is 1. The number of amides is 2. The van der Waals surface area contributed by atoms with Crippen molar-refractivity contribution in [3.8, 4) is 0 Å². The average molecular weight is 461 g/mol. The van der Waals surface area contributed by atoms with Gasteiger partial charge in [0.05, 0.1) is 6.61 Å². The Bertz CT molecular complexity index is 629. The fourth-order valence-corrected chi connectivity index (χ4v) is 2.29. The molecule has 1 unspecified atom stereocenters. The minimum Gasteiger partial charge on any atom is -0.480 e. The van der Waals surface area contributed by atoms with E-state index in [1.807, 2.05) is 0 Å². The topological polar surface area (TPSA) is 235 Å². The number of esters is 1. The molecule has 3 atom stereocenters. The molecule has 0 aromatic heterocycles. The summed E-state index contributed by atoms with van der Waals surface area (Å²) in [6, 6.07) is -2.33. The zero-order chi connectivity index (χ0) is 22.6. The number of aliphatic hydroxyl groups excluding tert-OH is 1. The van der Waals surface area contributed by atoms with E-state index >= 15 is 0 Å². The number of thiol groups is 1. The number of rotatable bonds is 14. The summed E-state index contributed by atoms with van der Waals surface area (Å²) in [5, 5.41) is 22.3. The summed E-state index contributed by atoms with van der Waals surface area (Å²) in [5.41, 5.74) is 5.55. The maximum absolute atomic E-state index is 11.8. The highest BCUT2D eigenvalue weighted by Gasteiger charge is 2.23. The minimum atomic E-state index is -4.77. The van der Waals surface area contributed by atoms with E-state index in [4.69, 9.17) is 20.6 Å². The Balaban J connectivity index is 4.26. The molecule has 0 heterocycles. The molecule has 0 aliphatic heterocycles. The first-order valence-electron chi connectivity index (χ1n) is 8.05. The summed E-state index contributed by atoms with van der Waals surface area (Å²) in [4.78, 5) is 62.6. The van der Waals surface area contributed by atoms with Crippen LogP contribution >= 0.6 is 20.5 Å². The molecule has 0 aliphatic rings. The molecule has 29 heavy (non-hydrogen) atoms. The Labute approximate surface area is 170 Å². The number of carbonyl (C=O) groups is 4. The van der Waals surface area contributed by atoms with Crippen LogP contribution in [-0.4, -0.2) is 87.5 Å². The molecule has 168 valence electrons. The first-order chi connectivity index (χ1) is 13.4. The Hall–Kier alpha value is -1.74. The fourth-order valence-electron chi connectivity index (χ4n) is 1.67. The number of nitrogens with two attached hydrogens (primary N) is 1. The minimum absolute atomic E-state index is 0.0974. The zero-order valence-corrected chi connectivity index (χ0v) is 16.9. The highest BCUT2D eigenvalue weighted by molar-refractivity contribution is 7.80.